The van der Waals surface area contributed by atoms with Crippen molar-refractivity contribution in [2.24, 2.45) is 0 Å². The normalized spacial score (nSPS) is 13.3. The average Bonchev–Trinajstić information content (AvgIpc) is 3.30. The number of hydrogen-bond acceptors (Lipinski definition) is 5. The second-order valence-corrected chi connectivity index (χ2v) is 7.12. The number of aromatic nitrogens is 2. The van der Waals surface area contributed by atoms with Gasteiger partial charge in [-0.15, -0.1) is 0 Å². The first kappa shape index (κ1) is 18.9. The van der Waals surface area contributed by atoms with Crippen LogP contribution in [0, 0.1) is 0 Å². The summed E-state index contributed by atoms with van der Waals surface area (Å²) in [7, 11) is 0. The molecule has 0 saturated carbocycles. The topological polar surface area (TPSA) is 70.2 Å². The van der Waals surface area contributed by atoms with Crippen molar-refractivity contribution in [3.63, 3.8) is 0 Å². The van der Waals surface area contributed by atoms with Gasteiger partial charge in [-0.25, -0.2) is 9.97 Å². The second kappa shape index (κ2) is 9.19. The van der Waals surface area contributed by atoms with Gasteiger partial charge in [-0.05, 0) is 55.2 Å². The first-order valence-corrected chi connectivity index (χ1v) is 10.1. The highest BCUT2D eigenvalue weighted by Gasteiger charge is 2.13. The van der Waals surface area contributed by atoms with Gasteiger partial charge in [0.15, 0.2) is 0 Å². The smallest absolute Gasteiger partial charge is 0.274 e. The van der Waals surface area contributed by atoms with Gasteiger partial charge < -0.3 is 15.5 Å². The fraction of sp³-hybridized carbons (Fsp3) is 0.261. The lowest BCUT2D eigenvalue weighted by atomic mass is 10.1. The lowest BCUT2D eigenvalue weighted by Crippen LogP contribution is -2.18. The van der Waals surface area contributed by atoms with Crippen LogP contribution >= 0.6 is 0 Å². The molecule has 0 radical (unpaired) electrons. The molecule has 3 aromatic rings. The van der Waals surface area contributed by atoms with Crippen molar-refractivity contribution in [3.05, 3.63) is 78.1 Å². The number of amides is 1. The zero-order valence-electron chi connectivity index (χ0n) is 16.3. The van der Waals surface area contributed by atoms with Crippen LogP contribution in [0.15, 0.2) is 66.9 Å². The molecule has 6 heteroatoms. The fourth-order valence-corrected chi connectivity index (χ4v) is 3.46. The van der Waals surface area contributed by atoms with E-state index in [0.717, 1.165) is 25.2 Å². The van der Waals surface area contributed by atoms with Gasteiger partial charge in [0.05, 0.1) is 0 Å². The molecule has 1 saturated heterocycles. The number of hydrogen-bond donors (Lipinski definition) is 2. The maximum absolute atomic E-state index is 12.6. The van der Waals surface area contributed by atoms with Crippen LogP contribution in [0.4, 0.5) is 17.3 Å². The number of carbonyl (C=O) groups excluding carboxylic acids is 1. The minimum atomic E-state index is -0.243. The Labute approximate surface area is 171 Å². The molecule has 1 amide bonds. The monoisotopic (exact) mass is 387 g/mol. The lowest BCUT2D eigenvalue weighted by molar-refractivity contribution is 0.102. The van der Waals surface area contributed by atoms with Crippen molar-refractivity contribution < 1.29 is 4.79 Å². The Balaban J connectivity index is 1.33. The molecule has 2 N–H and O–H groups in total. The number of benzene rings is 2. The Morgan fingerprint density at radius 2 is 1.72 bits per heavy atom. The predicted molar refractivity (Wildman–Crippen MR) is 117 cm³/mol. The molecule has 2 heterocycles. The van der Waals surface area contributed by atoms with Crippen LogP contribution in [0.25, 0.3) is 0 Å². The van der Waals surface area contributed by atoms with Gasteiger partial charge in [0, 0.05) is 37.2 Å². The van der Waals surface area contributed by atoms with E-state index in [2.05, 4.69) is 49.8 Å². The zero-order valence-corrected chi connectivity index (χ0v) is 16.3. The van der Waals surface area contributed by atoms with Gasteiger partial charge in [-0.3, -0.25) is 4.79 Å². The van der Waals surface area contributed by atoms with Crippen molar-refractivity contribution >= 4 is 23.2 Å². The minimum absolute atomic E-state index is 0.243. The maximum atomic E-state index is 12.6. The maximum Gasteiger partial charge on any atom is 0.274 e. The third-order valence-corrected chi connectivity index (χ3v) is 5.02. The summed E-state index contributed by atoms with van der Waals surface area (Å²) in [4.78, 5) is 23.5. The van der Waals surface area contributed by atoms with Crippen molar-refractivity contribution in [1.29, 1.82) is 0 Å². The van der Waals surface area contributed by atoms with Crippen molar-refractivity contribution in [3.8, 4) is 0 Å². The van der Waals surface area contributed by atoms with Crippen molar-refractivity contribution in [2.75, 3.05) is 35.2 Å². The van der Waals surface area contributed by atoms with E-state index >= 15 is 0 Å². The molecular formula is C23H25N5O. The summed E-state index contributed by atoms with van der Waals surface area (Å²) in [6, 6.07) is 19.8. The number of anilines is 3. The van der Waals surface area contributed by atoms with Crippen LogP contribution in [0.2, 0.25) is 0 Å². The third-order valence-electron chi connectivity index (χ3n) is 5.02. The van der Waals surface area contributed by atoms with Crippen LogP contribution in [0.3, 0.4) is 0 Å². The molecule has 1 aromatic heterocycles. The largest absolute Gasteiger partial charge is 0.372 e. The van der Waals surface area contributed by atoms with Crippen LogP contribution in [0.5, 0.6) is 0 Å². The minimum Gasteiger partial charge on any atom is -0.372 e. The Morgan fingerprint density at radius 3 is 2.48 bits per heavy atom. The summed E-state index contributed by atoms with van der Waals surface area (Å²) in [6.07, 6.45) is 4.95. The molecule has 0 aliphatic carbocycles. The van der Waals surface area contributed by atoms with Gasteiger partial charge in [0.25, 0.3) is 5.91 Å². The van der Waals surface area contributed by atoms with Crippen LogP contribution in [-0.4, -0.2) is 35.5 Å². The Hall–Kier alpha value is -3.41. The molecule has 4 rings (SSSR count). The first-order valence-electron chi connectivity index (χ1n) is 10.1. The SMILES string of the molecule is O=C(Nc1ccc(N2CCCC2)cc1)c1ccnc(NCCc2ccccc2)n1. The summed E-state index contributed by atoms with van der Waals surface area (Å²) < 4.78 is 0. The quantitative estimate of drug-likeness (QED) is 0.642. The predicted octanol–water partition coefficient (Wildman–Crippen LogP) is 3.98. The van der Waals surface area contributed by atoms with Crippen LogP contribution < -0.4 is 15.5 Å². The van der Waals surface area contributed by atoms with Crippen molar-refractivity contribution in [2.45, 2.75) is 19.3 Å². The summed E-state index contributed by atoms with van der Waals surface area (Å²) >= 11 is 0. The van der Waals surface area contributed by atoms with Gasteiger partial charge in [0.2, 0.25) is 5.95 Å². The van der Waals surface area contributed by atoms with Gasteiger partial charge in [0.1, 0.15) is 5.69 Å². The molecule has 29 heavy (non-hydrogen) atoms. The Bertz CT molecular complexity index is 937. The molecule has 0 unspecified atom stereocenters. The van der Waals surface area contributed by atoms with Crippen LogP contribution in [-0.2, 0) is 6.42 Å². The third kappa shape index (κ3) is 5.10. The molecule has 0 bridgehead atoms. The van der Waals surface area contributed by atoms with Crippen molar-refractivity contribution in [1.82, 2.24) is 9.97 Å². The molecule has 1 aliphatic rings. The highest BCUT2D eigenvalue weighted by Crippen LogP contribution is 2.22. The van der Waals surface area contributed by atoms with E-state index in [-0.39, 0.29) is 5.91 Å². The number of rotatable bonds is 7. The molecule has 2 aromatic carbocycles. The van der Waals surface area contributed by atoms with Gasteiger partial charge >= 0.3 is 0 Å². The zero-order chi connectivity index (χ0) is 19.9. The molecular weight excluding hydrogens is 362 g/mol. The summed E-state index contributed by atoms with van der Waals surface area (Å²) in [6.45, 7) is 2.91. The molecule has 0 atom stereocenters. The van der Waals surface area contributed by atoms with E-state index in [1.807, 2.05) is 30.3 Å². The number of nitrogens with zero attached hydrogens (tertiary/aromatic N) is 3. The molecule has 1 fully saturated rings. The first-order chi connectivity index (χ1) is 14.3. The summed E-state index contributed by atoms with van der Waals surface area (Å²) in [5.41, 5.74) is 3.54. The molecule has 6 nitrogen and oxygen atoms in total. The van der Waals surface area contributed by atoms with E-state index in [4.69, 9.17) is 0 Å². The van der Waals surface area contributed by atoms with Gasteiger partial charge in [-0.2, -0.15) is 0 Å². The average molecular weight is 387 g/mol. The highest BCUT2D eigenvalue weighted by atomic mass is 16.1. The van der Waals surface area contributed by atoms with E-state index in [1.165, 1.54) is 24.1 Å². The van der Waals surface area contributed by atoms with Crippen LogP contribution in [0.1, 0.15) is 28.9 Å². The number of nitrogens with one attached hydrogen (secondary N) is 2. The summed E-state index contributed by atoms with van der Waals surface area (Å²) in [5, 5.41) is 6.09. The standard InChI is InChI=1S/C23H25N5O/c29-22(26-19-8-10-20(11-9-19)28-16-4-5-17-28)21-13-15-25-23(27-21)24-14-12-18-6-2-1-3-7-18/h1-3,6-11,13,15H,4-5,12,14,16-17H2,(H,26,29)(H,24,25,27). The summed E-state index contributed by atoms with van der Waals surface area (Å²) in [5.74, 6) is 0.213. The molecule has 1 aliphatic heterocycles. The molecule has 148 valence electrons. The highest BCUT2D eigenvalue weighted by molar-refractivity contribution is 6.03. The van der Waals surface area contributed by atoms with E-state index in [1.54, 1.807) is 12.3 Å². The van der Waals surface area contributed by atoms with Gasteiger partial charge in [-0.1, -0.05) is 30.3 Å². The fourth-order valence-electron chi connectivity index (χ4n) is 3.46. The lowest BCUT2D eigenvalue weighted by Gasteiger charge is -2.17. The van der Waals surface area contributed by atoms with E-state index in [0.29, 0.717) is 18.2 Å². The Morgan fingerprint density at radius 1 is 0.966 bits per heavy atom. The van der Waals surface area contributed by atoms with E-state index in [9.17, 15) is 4.79 Å². The number of carbonyl (C=O) groups is 1. The Kier molecular flexibility index (Phi) is 6.00. The second-order valence-electron chi connectivity index (χ2n) is 7.12. The molecule has 0 spiro atoms. The van der Waals surface area contributed by atoms with E-state index < -0.39 is 0 Å².